The molecule has 0 aromatic heterocycles. The zero-order valence-electron chi connectivity index (χ0n) is 53.1. The van der Waals surface area contributed by atoms with E-state index in [0.29, 0.717) is 77.2 Å². The van der Waals surface area contributed by atoms with Crippen LogP contribution in [0.25, 0.3) is 0 Å². The summed E-state index contributed by atoms with van der Waals surface area (Å²) in [6, 6.07) is 93.8. The van der Waals surface area contributed by atoms with Gasteiger partial charge < -0.3 is 79.2 Å². The number of fused-ring (bicyclic) bond motifs is 4. The van der Waals surface area contributed by atoms with Crippen molar-refractivity contribution in [3.05, 3.63) is 291 Å². The van der Waals surface area contributed by atoms with E-state index < -0.39 is 92.1 Å². The Morgan fingerprint density at radius 3 is 0.794 bits per heavy atom. The van der Waals surface area contributed by atoms with E-state index in [1.807, 2.05) is 304 Å². The van der Waals surface area contributed by atoms with Crippen molar-refractivity contribution >= 4 is 140 Å². The van der Waals surface area contributed by atoms with Gasteiger partial charge in [0, 0.05) is 42.5 Å². The number of hydrogen-bond donors (Lipinski definition) is 2. The van der Waals surface area contributed by atoms with Crippen LogP contribution >= 0.6 is 0 Å². The highest BCUT2D eigenvalue weighted by Gasteiger charge is 2.95. The Morgan fingerprint density at radius 2 is 0.495 bits per heavy atom. The van der Waals surface area contributed by atoms with Crippen LogP contribution in [0.3, 0.4) is 0 Å². The van der Waals surface area contributed by atoms with Crippen LogP contribution in [-0.2, 0) is 58.2 Å². The Balaban J connectivity index is 1.09. The highest BCUT2D eigenvalue weighted by atomic mass is 28.6. The van der Waals surface area contributed by atoms with Crippen molar-refractivity contribution in [2.75, 3.05) is 24.7 Å². The van der Waals surface area contributed by atoms with Gasteiger partial charge in [-0.25, -0.2) is 0 Å². The molecule has 8 heterocycles. The molecule has 492 valence electrons. The van der Waals surface area contributed by atoms with Gasteiger partial charge in [0.05, 0.1) is 13.2 Å². The first-order valence-electron chi connectivity index (χ1n) is 32.4. The van der Waals surface area contributed by atoms with Gasteiger partial charge in [-0.3, -0.25) is 0 Å². The molecule has 8 aliphatic heterocycles. The van der Waals surface area contributed by atoms with Gasteiger partial charge in [-0.15, -0.1) is 0 Å². The fourth-order valence-corrected chi connectivity index (χ4v) is 74.6. The van der Waals surface area contributed by atoms with E-state index in [2.05, 4.69) is 0 Å². The van der Waals surface area contributed by atoms with Crippen LogP contribution in [0.15, 0.2) is 291 Å². The average Bonchev–Trinajstić information content (AvgIpc) is 1.61. The number of nitrogen functional groups attached to an aromatic ring is 2. The Bertz CT molecular complexity index is 4400. The van der Waals surface area contributed by atoms with E-state index in [4.69, 9.17) is 79.2 Å². The van der Waals surface area contributed by atoms with Crippen molar-refractivity contribution in [2.24, 2.45) is 0 Å². The van der Waals surface area contributed by atoms with Gasteiger partial charge >= 0.3 is 87.1 Å². The largest absolute Gasteiger partial charge is 0.524 e. The molecule has 0 saturated carbocycles. The van der Waals surface area contributed by atoms with Crippen LogP contribution in [0.2, 0.25) is 25.2 Å². The van der Waals surface area contributed by atoms with Crippen LogP contribution in [-0.4, -0.2) is 105 Å². The molecule has 0 aliphatic carbocycles. The number of hydrogen-bond acceptors (Lipinski definition) is 18. The zero-order chi connectivity index (χ0) is 65.9. The molecule has 1 spiro atoms. The summed E-state index contributed by atoms with van der Waals surface area (Å²) in [6.45, 7) is 4.57. The van der Waals surface area contributed by atoms with Crippen molar-refractivity contribution in [1.82, 2.24) is 0 Å². The molecule has 11 atom stereocenters. The molecule has 4 N–H and O–H groups in total. The number of anilines is 2. The van der Waals surface area contributed by atoms with Gasteiger partial charge in [-0.05, 0) is 96.9 Å². The second-order valence-electron chi connectivity index (χ2n) is 24.9. The van der Waals surface area contributed by atoms with Gasteiger partial charge in [0.1, 0.15) is 11.5 Å². The fraction of sp³-hybridized carbons (Fsp3) is 0.130. The standard InChI is InChI=1S/C69H70N2O16Si10/c1-88(55-27-53-72-59-49-45-57(70)46-50-59)76-92(63-33-15-5-16-34-63)74-69-75-93(84-92,64-35-17-6-18-36-64)85-94(65-37-19-7-20-38-65)78-89(2,56-28-54-73-60-51-47-58(71)48-52-60)79-96(67-41-23-9-24-42-67)82-90(69,61-29-11-3-12-30-61)81-95(77-88,66-39-21-8-22-40-66)86-97(87-96,68-43-25-10-26-44-68)83-91(69,80-94)62-31-13-4-14-32-62/h3-26,29-52H,27-28,53-56,70-71H2,1-2H3. The smallest absolute Gasteiger partial charge is 0.494 e. The lowest BCUT2D eigenvalue weighted by atomic mass is 10.3. The van der Waals surface area contributed by atoms with Crippen molar-refractivity contribution in [3.8, 4) is 11.5 Å². The topological polar surface area (TPSA) is 200 Å². The number of benzene rings is 10. The molecule has 0 amide bonds. The predicted molar refractivity (Wildman–Crippen MR) is 387 cm³/mol. The Hall–Kier alpha value is -6.99. The predicted octanol–water partition coefficient (Wildman–Crippen LogP) is 7.10. The van der Waals surface area contributed by atoms with Crippen molar-refractivity contribution in [3.63, 3.8) is 0 Å². The van der Waals surface area contributed by atoms with Crippen LogP contribution in [0.4, 0.5) is 11.4 Å². The van der Waals surface area contributed by atoms with Gasteiger partial charge in [0.2, 0.25) is 5.03 Å². The minimum Gasteiger partial charge on any atom is -0.494 e. The lowest BCUT2D eigenvalue weighted by Gasteiger charge is -2.64. The minimum atomic E-state index is -5.51. The van der Waals surface area contributed by atoms with Crippen LogP contribution in [0, 0.1) is 0 Å². The minimum absolute atomic E-state index is 0.249. The summed E-state index contributed by atoms with van der Waals surface area (Å²) < 4.78 is 135. The maximum Gasteiger partial charge on any atom is 0.524 e. The summed E-state index contributed by atoms with van der Waals surface area (Å²) in [7, 11) is -50.1. The molecular formula is C69H70N2O16Si10. The first kappa shape index (κ1) is 64.7. The Morgan fingerprint density at radius 1 is 0.268 bits per heavy atom. The molecule has 11 unspecified atom stereocenters. The third-order valence-electron chi connectivity index (χ3n) is 17.9. The summed E-state index contributed by atoms with van der Waals surface area (Å²) in [5.74, 6) is 1.30. The van der Waals surface area contributed by atoms with Crippen molar-refractivity contribution < 1.29 is 67.7 Å². The molecule has 97 heavy (non-hydrogen) atoms. The summed E-state index contributed by atoms with van der Waals surface area (Å²) >= 11 is 0. The van der Waals surface area contributed by atoms with Crippen molar-refractivity contribution in [2.45, 2.75) is 43.1 Å². The first-order valence-corrected chi connectivity index (χ1v) is 51.4. The van der Waals surface area contributed by atoms with E-state index in [-0.39, 0.29) is 25.3 Å². The van der Waals surface area contributed by atoms with Gasteiger partial charge in [0.25, 0.3) is 0 Å². The third kappa shape index (κ3) is 11.4. The Kier molecular flexibility index (Phi) is 16.9. The molecular weight excluding hydrogens is 1390 g/mol. The molecule has 18 rings (SSSR count). The quantitative estimate of drug-likeness (QED) is 0.0500. The van der Waals surface area contributed by atoms with Crippen LogP contribution < -0.4 is 62.4 Å². The summed E-state index contributed by atoms with van der Waals surface area (Å²) in [5, 5.41) is 1.83. The highest BCUT2D eigenvalue weighted by molar-refractivity contribution is 7.18. The monoisotopic (exact) mass is 1460 g/mol. The fourth-order valence-electron chi connectivity index (χ4n) is 13.6. The molecule has 28 heteroatoms. The van der Waals surface area contributed by atoms with Gasteiger partial charge in [0.15, 0.2) is 0 Å². The normalized spacial score (nSPS) is 32.4. The molecule has 8 aliphatic rings. The van der Waals surface area contributed by atoms with Crippen LogP contribution in [0.5, 0.6) is 11.5 Å². The molecule has 8 fully saturated rings. The number of rotatable bonds is 18. The average molecular weight is 1460 g/mol. The van der Waals surface area contributed by atoms with Gasteiger partial charge in [-0.2, -0.15) is 0 Å². The lowest BCUT2D eigenvalue weighted by Crippen LogP contribution is -3.00. The molecule has 9 bridgehead atoms. The summed E-state index contributed by atoms with van der Waals surface area (Å²) in [5.41, 5.74) is 13.6. The van der Waals surface area contributed by atoms with E-state index in [1.54, 1.807) is 0 Å². The van der Waals surface area contributed by atoms with Crippen molar-refractivity contribution in [1.29, 1.82) is 0 Å². The first-order chi connectivity index (χ1) is 47.2. The maximum atomic E-state index is 9.07. The number of nitrogens with two attached hydrogens (primary N) is 2. The highest BCUT2D eigenvalue weighted by Crippen LogP contribution is 2.58. The molecule has 10 aromatic carbocycles. The van der Waals surface area contributed by atoms with E-state index in [0.717, 1.165) is 0 Å². The molecule has 0 radical (unpaired) electrons. The Labute approximate surface area is 574 Å². The molecule has 8 saturated heterocycles. The van der Waals surface area contributed by atoms with Crippen LogP contribution in [0.1, 0.15) is 12.8 Å². The molecule has 10 aromatic rings. The SMILES string of the molecule is C[Si]1(CCCOc2ccc(N)cc2)O[Si]2(c3ccccc3)OC34O[Si](c5ccccc5)(O2)O[Si]2(c5ccccc5)O[Si](C)(CCCOc5ccc(N)cc5)O[Si]5(c6ccccc6)O[Si](c6ccccc6)(O[Si](c6ccccc6)(O1)O[Si]3(c1ccccc1)O5)O[Si]4(c1ccccc1)O2. The second-order valence-corrected chi connectivity index (χ2v) is 56.2. The summed E-state index contributed by atoms with van der Waals surface area (Å²) in [4.78, 5) is 0. The van der Waals surface area contributed by atoms with E-state index >= 15 is 0 Å². The summed E-state index contributed by atoms with van der Waals surface area (Å²) in [6.07, 6.45) is 0.816. The zero-order valence-corrected chi connectivity index (χ0v) is 63.1. The lowest BCUT2D eigenvalue weighted by molar-refractivity contribution is -0.121. The second kappa shape index (κ2) is 25.3. The maximum absolute atomic E-state index is 9.07. The molecule has 18 nitrogen and oxygen atoms in total. The van der Waals surface area contributed by atoms with E-state index in [9.17, 15) is 0 Å². The van der Waals surface area contributed by atoms with Gasteiger partial charge in [-0.1, -0.05) is 243 Å². The third-order valence-corrected chi connectivity index (χ3v) is 63.6. The number of ether oxygens (including phenoxy) is 2. The van der Waals surface area contributed by atoms with E-state index in [1.165, 1.54) is 0 Å².